The highest BCUT2D eigenvalue weighted by molar-refractivity contribution is 7.17. The van der Waals surface area contributed by atoms with Crippen molar-refractivity contribution in [1.82, 2.24) is 73.5 Å². The molecule has 0 spiro atoms. The number of thiophene rings is 3. The Hall–Kier alpha value is -8.92. The van der Waals surface area contributed by atoms with Gasteiger partial charge in [0.15, 0.2) is 11.3 Å². The topological polar surface area (TPSA) is 175 Å². The van der Waals surface area contributed by atoms with E-state index in [0.29, 0.717) is 11.3 Å². The maximum atomic E-state index is 4.43. The fraction of sp³-hybridized carbons (Fsp3) is 0.460. The van der Waals surface area contributed by atoms with Crippen LogP contribution in [0.4, 0.5) is 0 Å². The van der Waals surface area contributed by atoms with Gasteiger partial charge < -0.3 is 23.7 Å². The number of imidazole rings is 4. The predicted molar refractivity (Wildman–Crippen MR) is 524 cm³/mol. The number of H-pyrrole nitrogens is 2. The molecule has 0 saturated carbocycles. The Morgan fingerprint density at radius 3 is 1.43 bits per heavy atom. The van der Waals surface area contributed by atoms with Crippen LogP contribution in [-0.4, -0.2) is 73.5 Å². The number of thiazole rings is 2. The van der Waals surface area contributed by atoms with E-state index in [9.17, 15) is 0 Å². The van der Waals surface area contributed by atoms with Gasteiger partial charge in [0.05, 0.1) is 55.8 Å². The van der Waals surface area contributed by atoms with E-state index >= 15 is 0 Å². The summed E-state index contributed by atoms with van der Waals surface area (Å²) in [7, 11) is 6.01. The third-order valence-electron chi connectivity index (χ3n) is 19.9. The van der Waals surface area contributed by atoms with Crippen LogP contribution in [-0.2, 0) is 69.9 Å². The van der Waals surface area contributed by atoms with Crippen LogP contribution in [0, 0.1) is 27.7 Å². The second-order valence-electron chi connectivity index (χ2n) is 40.4. The molecule has 0 atom stereocenters. The first kappa shape index (κ1) is 98.2. The molecule has 2 aromatic carbocycles. The van der Waals surface area contributed by atoms with Gasteiger partial charge in [0.25, 0.3) is 0 Å². The summed E-state index contributed by atoms with van der Waals surface area (Å²) in [6.45, 7) is 72.3. The minimum absolute atomic E-state index is 0.138. The van der Waals surface area contributed by atoms with E-state index in [1.165, 1.54) is 84.6 Å². The zero-order valence-corrected chi connectivity index (χ0v) is 83.2. The maximum Gasteiger partial charge on any atom is 0.177 e. The first-order valence-corrected chi connectivity index (χ1v) is 45.7. The summed E-state index contributed by atoms with van der Waals surface area (Å²) in [6, 6.07) is 32.4. The summed E-state index contributed by atoms with van der Waals surface area (Å²) >= 11 is 8.91. The standard InChI is InChI=1S/C12H15N.2C11H15N3.C11H14N2.2C11H13NS.C9H16N2.C9H14S.C8H13NS.C7H11NS/c1-12(2,3)10-4-5-11-9(8-10)6-7-13-11;1-11(2,3)8-5-9-10(12-6-8)13-7-14(9)4;1-11(2,3)8-5-9-10(12-6-8)14(4)7-13-9;1-11(2,3)8-4-5-9-10(6-8)13-7-12-9;1-11(2,3)8-6-10-9(12-7-8)4-5-13-10;1-11(2,3)9-6-8-4-5-13-10(8)12-7-9;1-7-10-6-8(11(7)5)9(2,3)4;1-7-5-6-8(10-7)9(2,3)4;1-6-9-5-7(10-6)8(2,3)4;1-5(2)7-8-4-6(3)9-7/h4-8,13H,1-3H3;2*5-7H,1-4H3;4-7H,1-3H3,(H,12,13);2*4-7H,1-3H3;6H,1-5H3;5-6H,1-4H3;5H,1-4H3;4-5H,1-3H3. The van der Waals surface area contributed by atoms with E-state index in [0.717, 1.165) is 54.5 Å². The number of nitrogens with one attached hydrogen (secondary N) is 2. The smallest absolute Gasteiger partial charge is 0.177 e. The highest BCUT2D eigenvalue weighted by Gasteiger charge is 2.23. The fourth-order valence-corrected chi connectivity index (χ4v) is 15.7. The SMILES string of the molecule is CC(C)(C)c1ccc2[nH]ccc2c1.CC(C)(C)c1ccc2nc[nH]c2c1.CC(C)(C)c1cnc2ccsc2c1.CC(C)(C)c1cnc2sccc2c1.Cc1ccc(C(C)(C)C)s1.Cc1cnc(C(C)C)s1.Cc1ncc(C(C)(C)C)n1C.Cc1ncc(C(C)(C)C)s1.Cn1cnc2cc(C(C)(C)C)cnc21.Cn1cnc2ncc(C(C)(C)C)cc21. The number of hydrogen-bond acceptors (Lipinski definition) is 15. The minimum atomic E-state index is 0.138. The molecule has 0 aliphatic carbocycles. The molecule has 120 heavy (non-hydrogen) atoms. The van der Waals surface area contributed by atoms with E-state index in [2.05, 4.69) is 388 Å². The Kier molecular flexibility index (Phi) is 33.1. The lowest BCUT2D eigenvalue weighted by atomic mass is 9.86. The largest absolute Gasteiger partial charge is 0.361 e. The summed E-state index contributed by atoms with van der Waals surface area (Å²) < 4.78 is 7.35. The summed E-state index contributed by atoms with van der Waals surface area (Å²) in [5.74, 6) is 1.67. The molecular weight excluding hydrogens is 1570 g/mol. The lowest BCUT2D eigenvalue weighted by Gasteiger charge is -2.18. The van der Waals surface area contributed by atoms with Crippen molar-refractivity contribution in [2.45, 2.75) is 283 Å². The van der Waals surface area contributed by atoms with Crippen LogP contribution >= 0.6 is 56.7 Å². The highest BCUT2D eigenvalue weighted by atomic mass is 32.1. The van der Waals surface area contributed by atoms with E-state index in [-0.39, 0.29) is 43.3 Å². The quantitative estimate of drug-likeness (QED) is 0.161. The van der Waals surface area contributed by atoms with Crippen LogP contribution in [0.2, 0.25) is 0 Å². The number of pyridine rings is 4. The molecule has 14 heterocycles. The van der Waals surface area contributed by atoms with Crippen molar-refractivity contribution in [2.75, 3.05) is 0 Å². The maximum absolute atomic E-state index is 4.43. The predicted octanol–water partition coefficient (Wildman–Crippen LogP) is 28.7. The molecule has 16 rings (SSSR count). The fourth-order valence-electron chi connectivity index (χ4n) is 11.7. The molecule has 15 nitrogen and oxygen atoms in total. The van der Waals surface area contributed by atoms with Gasteiger partial charge in [-0.15, -0.1) is 56.7 Å². The molecule has 0 fully saturated rings. The van der Waals surface area contributed by atoms with E-state index in [4.69, 9.17) is 0 Å². The summed E-state index contributed by atoms with van der Waals surface area (Å²) in [4.78, 5) is 55.9. The van der Waals surface area contributed by atoms with Crippen LogP contribution in [0.15, 0.2) is 170 Å². The van der Waals surface area contributed by atoms with Crippen molar-refractivity contribution in [3.8, 4) is 0 Å². The average molecular weight is 1710 g/mol. The van der Waals surface area contributed by atoms with Crippen molar-refractivity contribution in [2.24, 2.45) is 21.1 Å². The van der Waals surface area contributed by atoms with Gasteiger partial charge in [0.2, 0.25) is 0 Å². The van der Waals surface area contributed by atoms with Crippen LogP contribution in [0.3, 0.4) is 0 Å². The Labute approximate surface area is 738 Å². The Morgan fingerprint density at radius 1 is 0.358 bits per heavy atom. The first-order valence-electron chi connectivity index (χ1n) is 41.5. The molecular formula is C100H139N15S5. The molecule has 2 N–H and O–H groups in total. The van der Waals surface area contributed by atoms with Gasteiger partial charge in [-0.3, -0.25) is 4.98 Å². The number of benzene rings is 2. The third kappa shape index (κ3) is 29.1. The van der Waals surface area contributed by atoms with Crippen LogP contribution < -0.4 is 0 Å². The van der Waals surface area contributed by atoms with Crippen LogP contribution in [0.25, 0.3) is 64.7 Å². The Balaban J connectivity index is 0.000000184. The second kappa shape index (κ2) is 40.4. The highest BCUT2D eigenvalue weighted by Crippen LogP contribution is 2.34. The lowest BCUT2D eigenvalue weighted by molar-refractivity contribution is 0.539. The monoisotopic (exact) mass is 1710 g/mol. The molecule has 644 valence electrons. The number of aryl methyl sites for hydroxylation is 6. The summed E-state index contributed by atoms with van der Waals surface area (Å²) in [6.07, 6.45) is 21.0. The van der Waals surface area contributed by atoms with E-state index < -0.39 is 0 Å². The molecule has 0 amide bonds. The van der Waals surface area contributed by atoms with Gasteiger partial charge in [-0.25, -0.2) is 44.9 Å². The van der Waals surface area contributed by atoms with Gasteiger partial charge in [0, 0.05) is 118 Å². The molecule has 0 aliphatic rings. The van der Waals surface area contributed by atoms with Crippen molar-refractivity contribution in [3.05, 3.63) is 245 Å². The van der Waals surface area contributed by atoms with Gasteiger partial charge in [-0.2, -0.15) is 0 Å². The average Bonchev–Trinajstić information content (AvgIpc) is 1.65. The zero-order chi connectivity index (χ0) is 89.6. The number of nitrogens with zero attached hydrogens (tertiary/aromatic N) is 13. The number of fused-ring (bicyclic) bond motifs is 6. The molecule has 0 saturated heterocycles. The second-order valence-corrected chi connectivity index (χ2v) is 46.1. The van der Waals surface area contributed by atoms with Gasteiger partial charge in [-0.1, -0.05) is 213 Å². The van der Waals surface area contributed by atoms with Gasteiger partial charge >= 0.3 is 0 Å². The molecule has 16 aromatic rings. The molecule has 14 aromatic heterocycles. The summed E-state index contributed by atoms with van der Waals surface area (Å²) in [5, 5.41) is 9.14. The van der Waals surface area contributed by atoms with Crippen molar-refractivity contribution in [1.29, 1.82) is 0 Å². The minimum Gasteiger partial charge on any atom is -0.361 e. The molecule has 0 aliphatic heterocycles. The number of aromatic amines is 2. The number of rotatable bonds is 1. The molecule has 20 heteroatoms. The molecule has 0 radical (unpaired) electrons. The van der Waals surface area contributed by atoms with Crippen molar-refractivity contribution in [3.63, 3.8) is 0 Å². The molecule has 0 unspecified atom stereocenters. The van der Waals surface area contributed by atoms with Gasteiger partial charge in [-0.05, 0) is 199 Å². The van der Waals surface area contributed by atoms with Gasteiger partial charge in [0.1, 0.15) is 16.2 Å². The normalized spacial score (nSPS) is 12.1. The van der Waals surface area contributed by atoms with Crippen molar-refractivity contribution >= 4 is 121 Å². The summed E-state index contributed by atoms with van der Waals surface area (Å²) in [5.41, 5.74) is 19.3. The van der Waals surface area contributed by atoms with E-state index in [1.54, 1.807) is 64.3 Å². The Bertz CT molecular complexity index is 5460. The van der Waals surface area contributed by atoms with E-state index in [1.807, 2.05) is 98.0 Å². The molecule has 0 bridgehead atoms. The zero-order valence-electron chi connectivity index (χ0n) is 79.1. The number of hydrogen-bond donors (Lipinski definition) is 2. The van der Waals surface area contributed by atoms with Crippen molar-refractivity contribution < 1.29 is 0 Å². The third-order valence-corrected chi connectivity index (χ3v) is 25.5. The first-order chi connectivity index (χ1) is 55.4. The Morgan fingerprint density at radius 2 is 0.917 bits per heavy atom. The van der Waals surface area contributed by atoms with Crippen LogP contribution in [0.5, 0.6) is 0 Å². The van der Waals surface area contributed by atoms with Crippen LogP contribution in [0.1, 0.15) is 281 Å². The lowest BCUT2D eigenvalue weighted by Crippen LogP contribution is -2.16. The number of aromatic nitrogens is 15.